The smallest absolute Gasteiger partial charge is 0.222 e. The molecule has 0 spiro atoms. The highest BCUT2D eigenvalue weighted by Crippen LogP contribution is 2.28. The predicted octanol–water partition coefficient (Wildman–Crippen LogP) is 3.05. The molecule has 112 valence electrons. The molecule has 1 N–H and O–H groups in total. The van der Waals surface area contributed by atoms with Gasteiger partial charge in [0.25, 0.3) is 0 Å². The molecule has 0 heterocycles. The Balaban J connectivity index is 2.65. The molecule has 0 saturated heterocycles. The van der Waals surface area contributed by atoms with Crippen LogP contribution in [0, 0.1) is 5.92 Å². The average molecular weight is 277 g/mol. The lowest BCUT2D eigenvalue weighted by Gasteiger charge is -2.25. The van der Waals surface area contributed by atoms with Gasteiger partial charge in [-0.1, -0.05) is 44.2 Å². The largest absolute Gasteiger partial charge is 0.393 e. The van der Waals surface area contributed by atoms with E-state index in [2.05, 4.69) is 26.0 Å². The molecule has 0 aliphatic rings. The summed E-state index contributed by atoms with van der Waals surface area (Å²) >= 11 is 0. The summed E-state index contributed by atoms with van der Waals surface area (Å²) in [4.78, 5) is 14.0. The highest BCUT2D eigenvalue weighted by molar-refractivity contribution is 5.76. The number of aliphatic hydroxyl groups excluding tert-OH is 1. The van der Waals surface area contributed by atoms with Crippen LogP contribution in [-0.2, 0) is 4.79 Å². The number of amides is 1. The van der Waals surface area contributed by atoms with Crippen LogP contribution in [0.2, 0.25) is 0 Å². The number of carbonyl (C=O) groups excluding carboxylic acids is 1. The van der Waals surface area contributed by atoms with Crippen molar-refractivity contribution in [3.63, 3.8) is 0 Å². The van der Waals surface area contributed by atoms with Crippen LogP contribution in [-0.4, -0.2) is 35.6 Å². The summed E-state index contributed by atoms with van der Waals surface area (Å²) in [5, 5.41) is 9.29. The minimum atomic E-state index is -0.361. The van der Waals surface area contributed by atoms with Crippen LogP contribution in [0.3, 0.4) is 0 Å². The zero-order valence-electron chi connectivity index (χ0n) is 13.0. The van der Waals surface area contributed by atoms with Crippen molar-refractivity contribution in [2.45, 2.75) is 45.6 Å². The van der Waals surface area contributed by atoms with E-state index < -0.39 is 0 Å². The third-order valence-corrected chi connectivity index (χ3v) is 3.74. The lowest BCUT2D eigenvalue weighted by atomic mass is 9.85. The number of rotatable bonds is 7. The first-order valence-electron chi connectivity index (χ1n) is 7.38. The molecule has 3 heteroatoms. The molecule has 0 radical (unpaired) electrons. The second-order valence-corrected chi connectivity index (χ2v) is 5.92. The minimum absolute atomic E-state index is 0.146. The molecule has 2 unspecified atom stereocenters. The Bertz CT molecular complexity index is 401. The van der Waals surface area contributed by atoms with E-state index in [1.807, 2.05) is 25.2 Å². The summed E-state index contributed by atoms with van der Waals surface area (Å²) in [5.74, 6) is 0.817. The van der Waals surface area contributed by atoms with Crippen molar-refractivity contribution < 1.29 is 9.90 Å². The van der Waals surface area contributed by atoms with Crippen molar-refractivity contribution in [2.24, 2.45) is 5.92 Å². The molecular weight excluding hydrogens is 250 g/mol. The summed E-state index contributed by atoms with van der Waals surface area (Å²) in [6.45, 7) is 6.66. The molecule has 1 aromatic rings. The molecule has 0 aliphatic carbocycles. The highest BCUT2D eigenvalue weighted by Gasteiger charge is 2.21. The van der Waals surface area contributed by atoms with Gasteiger partial charge in [-0.3, -0.25) is 4.79 Å². The number of hydrogen-bond donors (Lipinski definition) is 1. The first-order chi connectivity index (χ1) is 9.41. The first kappa shape index (κ1) is 16.7. The quantitative estimate of drug-likeness (QED) is 0.832. The van der Waals surface area contributed by atoms with E-state index in [1.54, 1.807) is 11.8 Å². The Morgan fingerprint density at radius 1 is 1.20 bits per heavy atom. The first-order valence-corrected chi connectivity index (χ1v) is 7.38. The molecule has 1 amide bonds. The number of nitrogens with zero attached hydrogens (tertiary/aromatic N) is 1. The maximum absolute atomic E-state index is 12.3. The van der Waals surface area contributed by atoms with Crippen molar-refractivity contribution in [3.8, 4) is 0 Å². The summed E-state index contributed by atoms with van der Waals surface area (Å²) in [6, 6.07) is 10.2. The number of carbonyl (C=O) groups is 1. The van der Waals surface area contributed by atoms with Crippen molar-refractivity contribution in [1.82, 2.24) is 4.90 Å². The van der Waals surface area contributed by atoms with E-state index in [9.17, 15) is 9.90 Å². The molecule has 0 aromatic heterocycles. The molecule has 3 nitrogen and oxygen atoms in total. The molecule has 2 atom stereocenters. The van der Waals surface area contributed by atoms with Gasteiger partial charge in [-0.25, -0.2) is 0 Å². The topological polar surface area (TPSA) is 40.5 Å². The SMILES string of the molecule is CC(O)CCN(C)C(=O)CC(c1ccccc1)C(C)C. The predicted molar refractivity (Wildman–Crippen MR) is 82.6 cm³/mol. The molecule has 0 saturated carbocycles. The molecule has 1 rings (SSSR count). The zero-order chi connectivity index (χ0) is 15.1. The van der Waals surface area contributed by atoms with Crippen LogP contribution in [0.1, 0.15) is 45.1 Å². The third-order valence-electron chi connectivity index (χ3n) is 3.74. The van der Waals surface area contributed by atoms with Crippen LogP contribution in [0.4, 0.5) is 0 Å². The van der Waals surface area contributed by atoms with Gasteiger partial charge in [0.05, 0.1) is 6.10 Å². The normalized spacial score (nSPS) is 14.1. The van der Waals surface area contributed by atoms with Gasteiger partial charge >= 0.3 is 0 Å². The Hall–Kier alpha value is -1.35. The minimum Gasteiger partial charge on any atom is -0.393 e. The number of aliphatic hydroxyl groups is 1. The van der Waals surface area contributed by atoms with Gasteiger partial charge in [0.2, 0.25) is 5.91 Å². The lowest BCUT2D eigenvalue weighted by molar-refractivity contribution is -0.130. The standard InChI is InChI=1S/C17H27NO2/c1-13(2)16(15-8-6-5-7-9-15)12-17(20)18(4)11-10-14(3)19/h5-9,13-14,16,19H,10-12H2,1-4H3. The molecular formula is C17H27NO2. The van der Waals surface area contributed by atoms with Gasteiger partial charge < -0.3 is 10.0 Å². The van der Waals surface area contributed by atoms with Gasteiger partial charge in [-0.05, 0) is 30.7 Å². The van der Waals surface area contributed by atoms with Crippen LogP contribution in [0.25, 0.3) is 0 Å². The molecule has 0 aliphatic heterocycles. The van der Waals surface area contributed by atoms with E-state index in [0.717, 1.165) is 0 Å². The number of hydrogen-bond acceptors (Lipinski definition) is 2. The van der Waals surface area contributed by atoms with E-state index in [-0.39, 0.29) is 17.9 Å². The van der Waals surface area contributed by atoms with E-state index in [1.165, 1.54) is 5.56 Å². The Kier molecular flexibility index (Phi) is 6.73. The van der Waals surface area contributed by atoms with Crippen LogP contribution >= 0.6 is 0 Å². The van der Waals surface area contributed by atoms with E-state index in [0.29, 0.717) is 25.3 Å². The molecule has 0 fully saturated rings. The van der Waals surface area contributed by atoms with Crippen LogP contribution in [0.5, 0.6) is 0 Å². The van der Waals surface area contributed by atoms with Gasteiger partial charge in [-0.2, -0.15) is 0 Å². The molecule has 1 aromatic carbocycles. The van der Waals surface area contributed by atoms with Crippen molar-refractivity contribution in [3.05, 3.63) is 35.9 Å². The number of benzene rings is 1. The fourth-order valence-electron chi connectivity index (χ4n) is 2.29. The molecule has 0 bridgehead atoms. The molecule has 20 heavy (non-hydrogen) atoms. The second-order valence-electron chi connectivity index (χ2n) is 5.92. The monoisotopic (exact) mass is 277 g/mol. The maximum Gasteiger partial charge on any atom is 0.222 e. The highest BCUT2D eigenvalue weighted by atomic mass is 16.3. The third kappa shape index (κ3) is 5.33. The fraction of sp³-hybridized carbons (Fsp3) is 0.588. The van der Waals surface area contributed by atoms with E-state index in [4.69, 9.17) is 0 Å². The van der Waals surface area contributed by atoms with Gasteiger partial charge in [-0.15, -0.1) is 0 Å². The van der Waals surface area contributed by atoms with Gasteiger partial charge in [0, 0.05) is 20.0 Å². The average Bonchev–Trinajstić information content (AvgIpc) is 2.42. The van der Waals surface area contributed by atoms with Gasteiger partial charge in [0.1, 0.15) is 0 Å². The van der Waals surface area contributed by atoms with Crippen LogP contribution in [0.15, 0.2) is 30.3 Å². The fourth-order valence-corrected chi connectivity index (χ4v) is 2.29. The summed E-state index contributed by atoms with van der Waals surface area (Å²) in [6.07, 6.45) is 0.790. The summed E-state index contributed by atoms with van der Waals surface area (Å²) < 4.78 is 0. The van der Waals surface area contributed by atoms with Gasteiger partial charge in [0.15, 0.2) is 0 Å². The van der Waals surface area contributed by atoms with E-state index >= 15 is 0 Å². The van der Waals surface area contributed by atoms with Crippen molar-refractivity contribution in [1.29, 1.82) is 0 Å². The van der Waals surface area contributed by atoms with Crippen LogP contribution < -0.4 is 0 Å². The lowest BCUT2D eigenvalue weighted by Crippen LogP contribution is -2.31. The summed E-state index contributed by atoms with van der Waals surface area (Å²) in [5.41, 5.74) is 1.22. The Morgan fingerprint density at radius 3 is 2.30 bits per heavy atom. The van der Waals surface area contributed by atoms with Crippen molar-refractivity contribution >= 4 is 5.91 Å². The van der Waals surface area contributed by atoms with Crippen molar-refractivity contribution in [2.75, 3.05) is 13.6 Å². The maximum atomic E-state index is 12.3. The second kappa shape index (κ2) is 8.05. The Labute approximate surface area is 122 Å². The Morgan fingerprint density at radius 2 is 1.80 bits per heavy atom. The summed E-state index contributed by atoms with van der Waals surface area (Å²) in [7, 11) is 1.81. The zero-order valence-corrected chi connectivity index (χ0v) is 13.0.